The summed E-state index contributed by atoms with van der Waals surface area (Å²) < 4.78 is 11.8. The first-order valence-corrected chi connectivity index (χ1v) is 7.21. The molecule has 3 rings (SSSR count). The molecule has 1 aromatic carbocycles. The Hall–Kier alpha value is -1.95. The number of halogens is 1. The van der Waals surface area contributed by atoms with E-state index in [0.29, 0.717) is 11.5 Å². The van der Waals surface area contributed by atoms with Gasteiger partial charge in [0.2, 0.25) is 5.72 Å². The molecule has 1 atom stereocenters. The number of ether oxygens (including phenoxy) is 2. The van der Waals surface area contributed by atoms with Crippen molar-refractivity contribution in [1.29, 1.82) is 0 Å². The predicted octanol–water partition coefficient (Wildman–Crippen LogP) is 3.55. The van der Waals surface area contributed by atoms with Gasteiger partial charge in [-0.05, 0) is 54.4 Å². The fourth-order valence-electron chi connectivity index (χ4n) is 2.64. The van der Waals surface area contributed by atoms with Gasteiger partial charge in [0.25, 0.3) is 0 Å². The van der Waals surface area contributed by atoms with Crippen LogP contribution in [-0.2, 0) is 9.53 Å². The standard InChI is InChI=1S/C15H14BrNO4/c1-7-4-10(16)13-11(5-7)17-15(21-13)6-8(2)20-14(19)12(15)9(3)18/h4-6,17-18H,1-3H3/b12-9-. The van der Waals surface area contributed by atoms with Crippen molar-refractivity contribution < 1.29 is 19.4 Å². The molecule has 0 fully saturated rings. The molecule has 6 heteroatoms. The number of fused-ring (bicyclic) bond motifs is 1. The number of allylic oxidation sites excluding steroid dienone is 2. The minimum Gasteiger partial charge on any atom is -0.512 e. The minimum absolute atomic E-state index is 0.0499. The average molecular weight is 352 g/mol. The molecule has 110 valence electrons. The number of hydrogen-bond acceptors (Lipinski definition) is 5. The third-order valence-electron chi connectivity index (χ3n) is 3.37. The normalized spacial score (nSPS) is 25.7. The highest BCUT2D eigenvalue weighted by Crippen LogP contribution is 2.47. The van der Waals surface area contributed by atoms with Crippen molar-refractivity contribution in [2.24, 2.45) is 0 Å². The topological polar surface area (TPSA) is 67.8 Å². The summed E-state index contributed by atoms with van der Waals surface area (Å²) in [5, 5.41) is 13.1. The van der Waals surface area contributed by atoms with Crippen LogP contribution < -0.4 is 10.1 Å². The number of hydrogen-bond donors (Lipinski definition) is 2. The van der Waals surface area contributed by atoms with Crippen LogP contribution in [0.15, 0.2) is 39.8 Å². The Kier molecular flexibility index (Phi) is 3.02. The Morgan fingerprint density at radius 3 is 2.76 bits per heavy atom. The summed E-state index contributed by atoms with van der Waals surface area (Å²) >= 11 is 3.45. The van der Waals surface area contributed by atoms with Gasteiger partial charge in [0.15, 0.2) is 5.75 Å². The van der Waals surface area contributed by atoms with E-state index < -0.39 is 11.7 Å². The number of benzene rings is 1. The number of aliphatic hydroxyl groups is 1. The molecule has 1 spiro atoms. The number of cyclic esters (lactones) is 1. The van der Waals surface area contributed by atoms with E-state index in [0.717, 1.165) is 15.7 Å². The Labute approximate surface area is 130 Å². The van der Waals surface area contributed by atoms with E-state index in [1.165, 1.54) is 6.92 Å². The summed E-state index contributed by atoms with van der Waals surface area (Å²) in [7, 11) is 0. The SMILES string of the molecule is CC1=CC2(Nc3cc(C)cc(Br)c3O2)/C(=C(/C)O)C(=O)O1. The maximum Gasteiger partial charge on any atom is 0.349 e. The second-order valence-corrected chi connectivity index (χ2v) is 6.05. The lowest BCUT2D eigenvalue weighted by atomic mass is 9.98. The van der Waals surface area contributed by atoms with E-state index >= 15 is 0 Å². The first-order valence-electron chi connectivity index (χ1n) is 6.42. The van der Waals surface area contributed by atoms with Crippen LogP contribution >= 0.6 is 15.9 Å². The van der Waals surface area contributed by atoms with E-state index in [-0.39, 0.29) is 11.3 Å². The molecular formula is C15H14BrNO4. The Balaban J connectivity index is 2.19. The lowest BCUT2D eigenvalue weighted by Crippen LogP contribution is -2.47. The zero-order valence-corrected chi connectivity index (χ0v) is 13.4. The zero-order chi connectivity index (χ0) is 15.4. The quantitative estimate of drug-likeness (QED) is 0.425. The van der Waals surface area contributed by atoms with Crippen molar-refractivity contribution in [3.05, 3.63) is 45.3 Å². The molecule has 1 aromatic rings. The molecule has 0 amide bonds. The molecule has 0 saturated carbocycles. The van der Waals surface area contributed by atoms with Crippen LogP contribution in [0.2, 0.25) is 0 Å². The molecule has 21 heavy (non-hydrogen) atoms. The summed E-state index contributed by atoms with van der Waals surface area (Å²) in [6, 6.07) is 3.84. The van der Waals surface area contributed by atoms with Crippen molar-refractivity contribution in [1.82, 2.24) is 0 Å². The molecule has 2 N–H and O–H groups in total. The zero-order valence-electron chi connectivity index (χ0n) is 11.8. The number of aliphatic hydroxyl groups excluding tert-OH is 1. The molecule has 2 aliphatic rings. The first-order chi connectivity index (χ1) is 9.82. The van der Waals surface area contributed by atoms with E-state index in [1.54, 1.807) is 13.0 Å². The highest BCUT2D eigenvalue weighted by Gasteiger charge is 2.49. The maximum atomic E-state index is 12.1. The van der Waals surface area contributed by atoms with Gasteiger partial charge in [0.05, 0.1) is 10.2 Å². The average Bonchev–Trinajstić information content (AvgIpc) is 2.65. The van der Waals surface area contributed by atoms with Gasteiger partial charge in [0.1, 0.15) is 17.1 Å². The Morgan fingerprint density at radius 2 is 2.10 bits per heavy atom. The summed E-state index contributed by atoms with van der Waals surface area (Å²) in [6.45, 7) is 5.06. The summed E-state index contributed by atoms with van der Waals surface area (Å²) in [6.07, 6.45) is 1.64. The number of nitrogens with one attached hydrogen (secondary N) is 1. The number of aryl methyl sites for hydroxylation is 1. The van der Waals surface area contributed by atoms with E-state index in [9.17, 15) is 9.90 Å². The van der Waals surface area contributed by atoms with E-state index in [2.05, 4.69) is 21.2 Å². The molecular weight excluding hydrogens is 338 g/mol. The van der Waals surface area contributed by atoms with Crippen LogP contribution in [0.3, 0.4) is 0 Å². The predicted molar refractivity (Wildman–Crippen MR) is 81.0 cm³/mol. The van der Waals surface area contributed by atoms with Crippen LogP contribution in [-0.4, -0.2) is 16.8 Å². The van der Waals surface area contributed by atoms with E-state index in [4.69, 9.17) is 9.47 Å². The highest BCUT2D eigenvalue weighted by molar-refractivity contribution is 9.10. The van der Waals surface area contributed by atoms with Gasteiger partial charge in [-0.2, -0.15) is 0 Å². The second-order valence-electron chi connectivity index (χ2n) is 5.19. The third-order valence-corrected chi connectivity index (χ3v) is 3.96. The molecule has 1 unspecified atom stereocenters. The molecule has 0 aliphatic carbocycles. The monoisotopic (exact) mass is 351 g/mol. The Bertz CT molecular complexity index is 719. The smallest absolute Gasteiger partial charge is 0.349 e. The number of esters is 1. The van der Waals surface area contributed by atoms with Gasteiger partial charge in [0, 0.05) is 6.08 Å². The van der Waals surface area contributed by atoms with Gasteiger partial charge in [-0.1, -0.05) is 0 Å². The van der Waals surface area contributed by atoms with Crippen molar-refractivity contribution in [3.8, 4) is 5.75 Å². The van der Waals surface area contributed by atoms with Gasteiger partial charge in [-0.3, -0.25) is 0 Å². The number of carbonyl (C=O) groups excluding carboxylic acids is 1. The lowest BCUT2D eigenvalue weighted by Gasteiger charge is -2.31. The largest absolute Gasteiger partial charge is 0.512 e. The minimum atomic E-state index is -1.24. The van der Waals surface area contributed by atoms with Crippen molar-refractivity contribution in [2.75, 3.05) is 5.32 Å². The lowest BCUT2D eigenvalue weighted by molar-refractivity contribution is -0.138. The fourth-order valence-corrected chi connectivity index (χ4v) is 3.30. The number of anilines is 1. The summed E-state index contributed by atoms with van der Waals surface area (Å²) in [5.41, 5.74) is 0.601. The molecule has 2 aliphatic heterocycles. The molecule has 0 saturated heterocycles. The third kappa shape index (κ3) is 2.10. The van der Waals surface area contributed by atoms with Gasteiger partial charge < -0.3 is 19.9 Å². The maximum absolute atomic E-state index is 12.1. The van der Waals surface area contributed by atoms with Crippen LogP contribution in [0, 0.1) is 6.92 Å². The number of rotatable bonds is 0. The first kappa shape index (κ1) is 14.0. The van der Waals surface area contributed by atoms with Gasteiger partial charge in [-0.25, -0.2) is 4.79 Å². The second kappa shape index (κ2) is 4.53. The summed E-state index contributed by atoms with van der Waals surface area (Å²) in [5.74, 6) is 0.247. The molecule has 2 heterocycles. The molecule has 0 bridgehead atoms. The molecule has 5 nitrogen and oxygen atoms in total. The van der Waals surface area contributed by atoms with E-state index in [1.807, 2.05) is 19.1 Å². The molecule has 0 aromatic heterocycles. The van der Waals surface area contributed by atoms with Gasteiger partial charge in [-0.15, -0.1) is 0 Å². The van der Waals surface area contributed by atoms with Crippen molar-refractivity contribution in [3.63, 3.8) is 0 Å². The fraction of sp³-hybridized carbons (Fsp3) is 0.267. The number of carbonyl (C=O) groups is 1. The summed E-state index contributed by atoms with van der Waals surface area (Å²) in [4.78, 5) is 12.1. The van der Waals surface area contributed by atoms with Crippen LogP contribution in [0.5, 0.6) is 5.75 Å². The highest BCUT2D eigenvalue weighted by atomic mass is 79.9. The molecule has 0 radical (unpaired) electrons. The van der Waals surface area contributed by atoms with Crippen LogP contribution in [0.1, 0.15) is 19.4 Å². The van der Waals surface area contributed by atoms with Crippen LogP contribution in [0.4, 0.5) is 5.69 Å². The van der Waals surface area contributed by atoms with Crippen LogP contribution in [0.25, 0.3) is 0 Å². The van der Waals surface area contributed by atoms with Crippen molar-refractivity contribution in [2.45, 2.75) is 26.5 Å². The van der Waals surface area contributed by atoms with Gasteiger partial charge >= 0.3 is 5.97 Å². The van der Waals surface area contributed by atoms with Crippen molar-refractivity contribution >= 4 is 27.6 Å². The Morgan fingerprint density at radius 1 is 1.38 bits per heavy atom.